The Kier molecular flexibility index (Phi) is 10.9. The van der Waals surface area contributed by atoms with Crippen molar-refractivity contribution < 1.29 is 13.5 Å². The van der Waals surface area contributed by atoms with Gasteiger partial charge in [0, 0.05) is 22.5 Å². The van der Waals surface area contributed by atoms with E-state index >= 15 is 0 Å². The first kappa shape index (κ1) is 23.8. The fourth-order valence-electron chi connectivity index (χ4n) is 2.16. The molecule has 150 valence electrons. The van der Waals surface area contributed by atoms with E-state index in [1.54, 1.807) is 17.4 Å². The Morgan fingerprint density at radius 3 is 2.74 bits per heavy atom. The quantitative estimate of drug-likeness (QED) is 0.292. The first-order chi connectivity index (χ1) is 12.5. The number of rotatable bonds is 8. The molecule has 0 aliphatic rings. The van der Waals surface area contributed by atoms with Crippen LogP contribution in [0.15, 0.2) is 28.6 Å². The van der Waals surface area contributed by atoms with Crippen LogP contribution < -0.4 is 15.4 Å². The highest BCUT2D eigenvalue weighted by atomic mass is 127. The number of hydrogen-bond donors (Lipinski definition) is 2. The van der Waals surface area contributed by atoms with Crippen molar-refractivity contribution in [1.29, 1.82) is 0 Å². The third-order valence-corrected chi connectivity index (χ3v) is 4.61. The minimum Gasteiger partial charge on any atom is -0.434 e. The van der Waals surface area contributed by atoms with Crippen LogP contribution in [0.25, 0.3) is 0 Å². The Bertz CT molecular complexity index is 745. The normalized spacial score (nSPS) is 11.3. The SMILES string of the molecule is CCNC(=NCc1cc(Cl)ccc1OC(F)F)NCc1csc(CC)n1.I. The second-order valence-corrected chi connectivity index (χ2v) is 6.64. The van der Waals surface area contributed by atoms with Gasteiger partial charge in [0.15, 0.2) is 5.96 Å². The molecule has 0 aliphatic carbocycles. The highest BCUT2D eigenvalue weighted by Gasteiger charge is 2.10. The van der Waals surface area contributed by atoms with Gasteiger partial charge < -0.3 is 15.4 Å². The number of thiazole rings is 1. The van der Waals surface area contributed by atoms with Gasteiger partial charge in [-0.1, -0.05) is 18.5 Å². The van der Waals surface area contributed by atoms with Crippen LogP contribution in [-0.4, -0.2) is 24.1 Å². The van der Waals surface area contributed by atoms with Gasteiger partial charge in [0.2, 0.25) is 0 Å². The third-order valence-electron chi connectivity index (χ3n) is 3.33. The molecule has 2 N–H and O–H groups in total. The molecule has 0 amide bonds. The zero-order chi connectivity index (χ0) is 18.9. The molecule has 0 unspecified atom stereocenters. The Balaban J connectivity index is 0.00000364. The van der Waals surface area contributed by atoms with E-state index < -0.39 is 6.61 Å². The second-order valence-electron chi connectivity index (χ2n) is 5.27. The lowest BCUT2D eigenvalue weighted by Gasteiger charge is -2.12. The summed E-state index contributed by atoms with van der Waals surface area (Å²) in [7, 11) is 0. The van der Waals surface area contributed by atoms with Gasteiger partial charge in [-0.2, -0.15) is 8.78 Å². The maximum Gasteiger partial charge on any atom is 0.387 e. The van der Waals surface area contributed by atoms with Crippen molar-refractivity contribution in [1.82, 2.24) is 15.6 Å². The predicted octanol–water partition coefficient (Wildman–Crippen LogP) is 4.83. The van der Waals surface area contributed by atoms with Gasteiger partial charge in [-0.15, -0.1) is 35.3 Å². The van der Waals surface area contributed by atoms with Crippen molar-refractivity contribution in [3.63, 3.8) is 0 Å². The number of ether oxygens (including phenoxy) is 1. The molecule has 2 aromatic rings. The lowest BCUT2D eigenvalue weighted by atomic mass is 10.2. The fraction of sp³-hybridized carbons (Fsp3) is 0.412. The maximum absolute atomic E-state index is 12.5. The van der Waals surface area contributed by atoms with Crippen molar-refractivity contribution in [2.75, 3.05) is 6.54 Å². The molecule has 1 heterocycles. The fourth-order valence-corrected chi connectivity index (χ4v) is 3.09. The van der Waals surface area contributed by atoms with Crippen LogP contribution in [0.4, 0.5) is 8.78 Å². The van der Waals surface area contributed by atoms with Gasteiger partial charge in [-0.25, -0.2) is 9.98 Å². The lowest BCUT2D eigenvalue weighted by Crippen LogP contribution is -2.36. The van der Waals surface area contributed by atoms with Crippen LogP contribution >= 0.6 is 46.9 Å². The molecule has 0 bridgehead atoms. The van der Waals surface area contributed by atoms with E-state index in [2.05, 4.69) is 32.3 Å². The number of aromatic nitrogens is 1. The average molecular weight is 531 g/mol. The van der Waals surface area contributed by atoms with Gasteiger partial charge in [0.05, 0.1) is 23.8 Å². The zero-order valence-corrected chi connectivity index (χ0v) is 18.9. The topological polar surface area (TPSA) is 58.5 Å². The highest BCUT2D eigenvalue weighted by Crippen LogP contribution is 2.25. The Morgan fingerprint density at radius 1 is 1.33 bits per heavy atom. The maximum atomic E-state index is 12.5. The van der Waals surface area contributed by atoms with E-state index in [0.29, 0.717) is 29.6 Å². The van der Waals surface area contributed by atoms with E-state index in [1.165, 1.54) is 12.1 Å². The standard InChI is InChI=1S/C17H21ClF2N4OS.HI/c1-3-15-24-13(10-26-15)9-23-17(21-4-2)22-8-11-7-12(18)5-6-14(11)25-16(19)20;/h5-7,10,16H,3-4,8-9H2,1-2H3,(H2,21,22,23);1H. The molecule has 5 nitrogen and oxygen atoms in total. The van der Waals surface area contributed by atoms with Gasteiger partial charge in [0.25, 0.3) is 0 Å². The molecule has 0 spiro atoms. The molecule has 1 aromatic heterocycles. The largest absolute Gasteiger partial charge is 0.434 e. The number of nitrogens with zero attached hydrogens (tertiary/aromatic N) is 2. The number of hydrogen-bond acceptors (Lipinski definition) is 4. The molecule has 2 rings (SSSR count). The lowest BCUT2D eigenvalue weighted by molar-refractivity contribution is -0.0504. The van der Waals surface area contributed by atoms with Gasteiger partial charge in [-0.05, 0) is 31.5 Å². The first-order valence-corrected chi connectivity index (χ1v) is 9.46. The van der Waals surface area contributed by atoms with Crippen molar-refractivity contribution in [3.05, 3.63) is 44.9 Å². The summed E-state index contributed by atoms with van der Waals surface area (Å²) in [4.78, 5) is 8.91. The van der Waals surface area contributed by atoms with Crippen LogP contribution in [0.3, 0.4) is 0 Å². The number of alkyl halides is 2. The molecule has 1 aromatic carbocycles. The molecular weight excluding hydrogens is 509 g/mol. The van der Waals surface area contributed by atoms with Crippen molar-refractivity contribution in [3.8, 4) is 5.75 Å². The number of aliphatic imine (C=N–C) groups is 1. The summed E-state index contributed by atoms with van der Waals surface area (Å²) in [5, 5.41) is 9.81. The summed E-state index contributed by atoms with van der Waals surface area (Å²) in [6.07, 6.45) is 0.903. The first-order valence-electron chi connectivity index (χ1n) is 8.20. The molecule has 0 radical (unpaired) electrons. The molecule has 10 heteroatoms. The summed E-state index contributed by atoms with van der Waals surface area (Å²) >= 11 is 7.58. The molecule has 27 heavy (non-hydrogen) atoms. The van der Waals surface area contributed by atoms with Crippen LogP contribution in [0.5, 0.6) is 5.75 Å². The van der Waals surface area contributed by atoms with E-state index in [4.69, 9.17) is 11.6 Å². The summed E-state index contributed by atoms with van der Waals surface area (Å²) in [5.74, 6) is 0.623. The number of aryl methyl sites for hydroxylation is 1. The van der Waals surface area contributed by atoms with E-state index in [-0.39, 0.29) is 36.3 Å². The van der Waals surface area contributed by atoms with Gasteiger partial charge in [0.1, 0.15) is 5.75 Å². The van der Waals surface area contributed by atoms with Crippen molar-refractivity contribution >= 4 is 52.9 Å². The molecule has 0 saturated heterocycles. The van der Waals surface area contributed by atoms with Crippen molar-refractivity contribution in [2.24, 2.45) is 4.99 Å². The number of halogens is 4. The monoisotopic (exact) mass is 530 g/mol. The summed E-state index contributed by atoms with van der Waals surface area (Å²) in [6, 6.07) is 4.49. The Morgan fingerprint density at radius 2 is 2.11 bits per heavy atom. The predicted molar refractivity (Wildman–Crippen MR) is 117 cm³/mol. The third kappa shape index (κ3) is 8.14. The molecule has 0 saturated carbocycles. The number of benzene rings is 1. The van der Waals surface area contributed by atoms with Gasteiger partial charge in [-0.3, -0.25) is 0 Å². The van der Waals surface area contributed by atoms with E-state index in [1.807, 2.05) is 12.3 Å². The average Bonchev–Trinajstić information content (AvgIpc) is 3.07. The molecule has 0 fully saturated rings. The highest BCUT2D eigenvalue weighted by molar-refractivity contribution is 14.0. The second kappa shape index (κ2) is 12.3. The summed E-state index contributed by atoms with van der Waals surface area (Å²) in [6.45, 7) is 2.45. The summed E-state index contributed by atoms with van der Waals surface area (Å²) < 4.78 is 29.6. The number of nitrogens with one attached hydrogen (secondary N) is 2. The van der Waals surface area contributed by atoms with E-state index in [0.717, 1.165) is 17.1 Å². The Hall–Kier alpha value is -1.20. The van der Waals surface area contributed by atoms with Crippen LogP contribution in [0, 0.1) is 0 Å². The minimum absolute atomic E-state index is 0. The van der Waals surface area contributed by atoms with E-state index in [9.17, 15) is 8.78 Å². The molecule has 0 aliphatic heterocycles. The zero-order valence-electron chi connectivity index (χ0n) is 15.0. The van der Waals surface area contributed by atoms with Crippen LogP contribution in [0.1, 0.15) is 30.1 Å². The van der Waals surface area contributed by atoms with Crippen LogP contribution in [0.2, 0.25) is 5.02 Å². The smallest absolute Gasteiger partial charge is 0.387 e. The summed E-state index contributed by atoms with van der Waals surface area (Å²) in [5.41, 5.74) is 1.42. The van der Waals surface area contributed by atoms with Crippen LogP contribution in [-0.2, 0) is 19.5 Å². The van der Waals surface area contributed by atoms with Gasteiger partial charge >= 0.3 is 6.61 Å². The molecule has 0 atom stereocenters. The minimum atomic E-state index is -2.90. The van der Waals surface area contributed by atoms with Crippen molar-refractivity contribution in [2.45, 2.75) is 40.0 Å². The number of guanidine groups is 1. The Labute approximate surface area is 183 Å². The molecular formula is C17H22ClF2IN4OS.